The monoisotopic (exact) mass is 437 g/mol. The molecule has 0 amide bonds. The molecule has 0 saturated carbocycles. The predicted octanol–water partition coefficient (Wildman–Crippen LogP) is 2.01. The summed E-state index contributed by atoms with van der Waals surface area (Å²) in [5.74, 6) is -0.317. The fourth-order valence-corrected chi connectivity index (χ4v) is 2.63. The van der Waals surface area contributed by atoms with Crippen LogP contribution in [0, 0.1) is 3.90 Å². The van der Waals surface area contributed by atoms with Gasteiger partial charge in [-0.15, -0.1) is 0 Å². The van der Waals surface area contributed by atoms with Gasteiger partial charge < -0.3 is 18.4 Å². The molecule has 0 aliphatic carbocycles. The molecule has 1 atom stereocenters. The van der Waals surface area contributed by atoms with E-state index < -0.39 is 17.2 Å². The van der Waals surface area contributed by atoms with Crippen LogP contribution in [0.1, 0.15) is 10.4 Å². The quantitative estimate of drug-likeness (QED) is 0.400. The second-order valence-electron chi connectivity index (χ2n) is 3.85. The van der Waals surface area contributed by atoms with Gasteiger partial charge in [0.15, 0.2) is 5.82 Å². The largest absolute Gasteiger partial charge is 0.755 e. The van der Waals surface area contributed by atoms with Gasteiger partial charge in [-0.25, -0.2) is 9.10 Å². The summed E-state index contributed by atoms with van der Waals surface area (Å²) >= 11 is -0.846. The van der Waals surface area contributed by atoms with Crippen molar-refractivity contribution >= 4 is 51.3 Å². The zero-order valence-corrected chi connectivity index (χ0v) is 14.4. The molecule has 0 fully saturated rings. The highest BCUT2D eigenvalue weighted by atomic mass is 127. The van der Waals surface area contributed by atoms with Gasteiger partial charge in [-0.2, -0.15) is 4.98 Å². The van der Waals surface area contributed by atoms with Crippen molar-refractivity contribution in [3.8, 4) is 5.75 Å². The average Bonchev–Trinajstić information content (AvgIpc) is 2.92. The van der Waals surface area contributed by atoms with Crippen molar-refractivity contribution in [1.29, 1.82) is 0 Å². The molecule has 0 bridgehead atoms. The van der Waals surface area contributed by atoms with Gasteiger partial charge in [0.25, 0.3) is 3.90 Å². The Bertz CT molecular complexity index is 719. The lowest BCUT2D eigenvalue weighted by atomic mass is 10.2. The van der Waals surface area contributed by atoms with Crippen LogP contribution in [0.4, 0.5) is 11.5 Å². The maximum Gasteiger partial charge on any atom is 0.337 e. The molecule has 22 heavy (non-hydrogen) atoms. The first-order valence-electron chi connectivity index (χ1n) is 5.74. The van der Waals surface area contributed by atoms with Crippen LogP contribution in [0.2, 0.25) is 0 Å². The Morgan fingerprint density at radius 3 is 2.68 bits per heavy atom. The topological polar surface area (TPSA) is 105 Å². The van der Waals surface area contributed by atoms with Gasteiger partial charge in [-0.3, -0.25) is 4.21 Å². The maximum absolute atomic E-state index is 11.5. The van der Waals surface area contributed by atoms with Crippen molar-refractivity contribution < 1.29 is 27.4 Å². The summed E-state index contributed by atoms with van der Waals surface area (Å²) in [6, 6.07) is 4.23. The summed E-state index contributed by atoms with van der Waals surface area (Å²) in [5, 5.41) is 0. The standard InChI is InChI=1S/C12H11IN2O6S/c1-19-9-5-7(11(16)20-2)3-4-8(9)15(22(17)18)10-6-21-12(13)14-10/h3-6H,1-2H3,(H,17,18)/p-1. The number of hydrogen-bond donors (Lipinski definition) is 0. The molecule has 2 aromatic rings. The Balaban J connectivity index is 2.52. The molecule has 1 aromatic carbocycles. The van der Waals surface area contributed by atoms with E-state index >= 15 is 0 Å². The summed E-state index contributed by atoms with van der Waals surface area (Å²) in [6.45, 7) is 0. The minimum absolute atomic E-state index is 0.0712. The average molecular weight is 437 g/mol. The maximum atomic E-state index is 11.5. The number of nitrogens with zero attached hydrogens (tertiary/aromatic N) is 2. The normalized spacial score (nSPS) is 11.8. The molecule has 118 valence electrons. The molecule has 0 spiro atoms. The van der Waals surface area contributed by atoms with Crippen LogP contribution in [0.15, 0.2) is 28.9 Å². The third kappa shape index (κ3) is 3.39. The number of anilines is 2. The number of benzene rings is 1. The number of methoxy groups -OCH3 is 2. The van der Waals surface area contributed by atoms with Crippen LogP contribution in [0.25, 0.3) is 0 Å². The number of halogens is 1. The predicted molar refractivity (Wildman–Crippen MR) is 84.6 cm³/mol. The number of aromatic nitrogens is 1. The van der Waals surface area contributed by atoms with Gasteiger partial charge in [0, 0.05) is 22.6 Å². The first-order valence-corrected chi connectivity index (χ1v) is 7.86. The highest BCUT2D eigenvalue weighted by Gasteiger charge is 2.20. The highest BCUT2D eigenvalue weighted by molar-refractivity contribution is 14.1. The summed E-state index contributed by atoms with van der Waals surface area (Å²) in [5.41, 5.74) is 0.419. The van der Waals surface area contributed by atoms with Crippen LogP contribution in [-0.2, 0) is 16.0 Å². The van der Waals surface area contributed by atoms with Crippen molar-refractivity contribution in [3.05, 3.63) is 33.9 Å². The molecule has 8 nitrogen and oxygen atoms in total. The van der Waals surface area contributed by atoms with Crippen molar-refractivity contribution in [1.82, 2.24) is 4.98 Å². The Hall–Kier alpha value is -1.66. The summed E-state index contributed by atoms with van der Waals surface area (Å²) in [7, 11) is 2.61. The van der Waals surface area contributed by atoms with Crippen LogP contribution in [-0.4, -0.2) is 33.9 Å². The molecular weight excluding hydrogens is 427 g/mol. The van der Waals surface area contributed by atoms with E-state index in [-0.39, 0.29) is 26.7 Å². The number of carbonyl (C=O) groups is 1. The summed E-state index contributed by atoms with van der Waals surface area (Å²) in [4.78, 5) is 15.5. The van der Waals surface area contributed by atoms with Crippen LogP contribution < -0.4 is 9.04 Å². The Morgan fingerprint density at radius 2 is 2.18 bits per heavy atom. The molecule has 0 radical (unpaired) electrons. The third-order valence-electron chi connectivity index (χ3n) is 2.64. The second kappa shape index (κ2) is 7.07. The van der Waals surface area contributed by atoms with Crippen molar-refractivity contribution in [2.75, 3.05) is 18.5 Å². The fraction of sp³-hybridized carbons (Fsp3) is 0.167. The number of rotatable bonds is 5. The first kappa shape index (κ1) is 16.7. The van der Waals surface area contributed by atoms with Crippen molar-refractivity contribution in [2.45, 2.75) is 0 Å². The number of hydrogen-bond acceptors (Lipinski definition) is 7. The first-order chi connectivity index (χ1) is 10.5. The molecule has 1 aromatic heterocycles. The molecule has 1 unspecified atom stereocenters. The van der Waals surface area contributed by atoms with Gasteiger partial charge >= 0.3 is 5.97 Å². The lowest BCUT2D eigenvalue weighted by Crippen LogP contribution is -2.20. The van der Waals surface area contributed by atoms with E-state index in [1.54, 1.807) is 0 Å². The number of carbonyl (C=O) groups excluding carboxylic acids is 1. The Morgan fingerprint density at radius 1 is 1.45 bits per heavy atom. The fourth-order valence-electron chi connectivity index (χ4n) is 1.71. The number of oxazole rings is 1. The SMILES string of the molecule is COC(=O)c1ccc(N(c2coc(I)n2)S(=O)[O-])c(OC)c1. The van der Waals surface area contributed by atoms with E-state index in [9.17, 15) is 13.6 Å². The minimum Gasteiger partial charge on any atom is -0.755 e. The molecular formula is C12H10IN2O6S-. The molecule has 2 rings (SSSR count). The van der Waals surface area contributed by atoms with E-state index in [4.69, 9.17) is 9.15 Å². The van der Waals surface area contributed by atoms with Gasteiger partial charge in [-0.1, -0.05) is 0 Å². The lowest BCUT2D eigenvalue weighted by Gasteiger charge is -2.25. The second-order valence-corrected chi connectivity index (χ2v) is 5.57. The Kier molecular flexibility index (Phi) is 5.37. The zero-order valence-electron chi connectivity index (χ0n) is 11.4. The molecule has 0 aliphatic heterocycles. The lowest BCUT2D eigenvalue weighted by molar-refractivity contribution is 0.0600. The molecule has 0 N–H and O–H groups in total. The van der Waals surface area contributed by atoms with E-state index in [1.165, 1.54) is 38.7 Å². The zero-order chi connectivity index (χ0) is 16.3. The minimum atomic E-state index is -2.66. The van der Waals surface area contributed by atoms with Gasteiger partial charge in [0.1, 0.15) is 12.0 Å². The van der Waals surface area contributed by atoms with Gasteiger partial charge in [0.05, 0.1) is 36.7 Å². The van der Waals surface area contributed by atoms with Gasteiger partial charge in [-0.05, 0) is 18.2 Å². The van der Waals surface area contributed by atoms with E-state index in [0.29, 0.717) is 0 Å². The number of ether oxygens (including phenoxy) is 2. The molecule has 1 heterocycles. The van der Waals surface area contributed by atoms with E-state index in [1.807, 2.05) is 22.6 Å². The summed E-state index contributed by atoms with van der Waals surface area (Å²) in [6.07, 6.45) is 1.20. The van der Waals surface area contributed by atoms with E-state index in [0.717, 1.165) is 4.31 Å². The van der Waals surface area contributed by atoms with Crippen LogP contribution in [0.5, 0.6) is 5.75 Å². The number of esters is 1. The highest BCUT2D eigenvalue weighted by Crippen LogP contribution is 2.35. The van der Waals surface area contributed by atoms with Crippen LogP contribution >= 0.6 is 22.6 Å². The van der Waals surface area contributed by atoms with Crippen LogP contribution in [0.3, 0.4) is 0 Å². The smallest absolute Gasteiger partial charge is 0.337 e. The molecule has 0 saturated heterocycles. The third-order valence-corrected chi connectivity index (χ3v) is 3.82. The Labute approximate surface area is 142 Å². The van der Waals surface area contributed by atoms with E-state index in [2.05, 4.69) is 9.72 Å². The van der Waals surface area contributed by atoms with Crippen molar-refractivity contribution in [3.63, 3.8) is 0 Å². The molecule has 10 heteroatoms. The molecule has 0 aliphatic rings. The van der Waals surface area contributed by atoms with Gasteiger partial charge in [0.2, 0.25) is 0 Å². The van der Waals surface area contributed by atoms with Crippen molar-refractivity contribution in [2.24, 2.45) is 0 Å². The summed E-state index contributed by atoms with van der Waals surface area (Å²) < 4.78 is 39.1.